The van der Waals surface area contributed by atoms with Crippen LogP contribution < -0.4 is 4.74 Å². The summed E-state index contributed by atoms with van der Waals surface area (Å²) in [6.07, 6.45) is 5.61. The molecule has 2 aliphatic heterocycles. The normalized spacial score (nSPS) is 23.1. The third-order valence-corrected chi connectivity index (χ3v) is 5.40. The number of aromatic nitrogens is 2. The number of hydrogen-bond donors (Lipinski definition) is 0. The van der Waals surface area contributed by atoms with Gasteiger partial charge in [0.2, 0.25) is 5.91 Å². The second-order valence-electron chi connectivity index (χ2n) is 7.07. The van der Waals surface area contributed by atoms with Crippen molar-refractivity contribution >= 4 is 5.91 Å². The molecular formula is C20H24N4O2. The highest BCUT2D eigenvalue weighted by atomic mass is 16.5. The van der Waals surface area contributed by atoms with Crippen molar-refractivity contribution in [3.05, 3.63) is 54.1 Å². The van der Waals surface area contributed by atoms with Crippen LogP contribution in [0.25, 0.3) is 0 Å². The number of likely N-dealkylation sites (tertiary alicyclic amines) is 2. The minimum atomic E-state index is -0.0714. The molecule has 4 heterocycles. The number of amides is 1. The summed E-state index contributed by atoms with van der Waals surface area (Å²) in [4.78, 5) is 26.2. The van der Waals surface area contributed by atoms with Crippen molar-refractivity contribution in [2.45, 2.75) is 32.0 Å². The zero-order valence-corrected chi connectivity index (χ0v) is 15.0. The fourth-order valence-corrected chi connectivity index (χ4v) is 4.06. The quantitative estimate of drug-likeness (QED) is 0.825. The Kier molecular flexibility index (Phi) is 4.84. The summed E-state index contributed by atoms with van der Waals surface area (Å²) in [7, 11) is 1.66. The van der Waals surface area contributed by atoms with E-state index in [4.69, 9.17) is 4.74 Å². The Bertz CT molecular complexity index is 767. The summed E-state index contributed by atoms with van der Waals surface area (Å²) in [6, 6.07) is 9.57. The van der Waals surface area contributed by atoms with Crippen LogP contribution in [-0.2, 0) is 17.9 Å². The molecule has 4 rings (SSSR count). The lowest BCUT2D eigenvalue weighted by Gasteiger charge is -2.46. The molecule has 6 nitrogen and oxygen atoms in total. The number of pyridine rings is 2. The van der Waals surface area contributed by atoms with E-state index < -0.39 is 0 Å². The first-order chi connectivity index (χ1) is 12.7. The molecule has 2 atom stereocenters. The highest BCUT2D eigenvalue weighted by Gasteiger charge is 2.41. The molecule has 136 valence electrons. The van der Waals surface area contributed by atoms with Crippen LogP contribution in [0.4, 0.5) is 0 Å². The lowest BCUT2D eigenvalue weighted by atomic mass is 9.85. The predicted octanol–water partition coefficient (Wildman–Crippen LogP) is 2.11. The summed E-state index contributed by atoms with van der Waals surface area (Å²) in [5.41, 5.74) is 1.84. The second kappa shape index (κ2) is 7.41. The van der Waals surface area contributed by atoms with Crippen molar-refractivity contribution in [3.63, 3.8) is 0 Å². The van der Waals surface area contributed by atoms with E-state index in [1.54, 1.807) is 19.5 Å². The zero-order valence-electron chi connectivity index (χ0n) is 15.0. The van der Waals surface area contributed by atoms with Gasteiger partial charge in [0.05, 0.1) is 31.1 Å². The van der Waals surface area contributed by atoms with Crippen LogP contribution in [0.3, 0.4) is 0 Å². The predicted molar refractivity (Wildman–Crippen MR) is 97.4 cm³/mol. The summed E-state index contributed by atoms with van der Waals surface area (Å²) >= 11 is 0. The third-order valence-electron chi connectivity index (χ3n) is 5.40. The standard InChI is InChI=1S/C20H24N4O2/c1-26-19-6-4-9-22-17(19)14-23-10-7-15-11-18(23)20(25)24(12-15)13-16-5-2-3-8-21-16/h2-6,8-9,15,18H,7,10-14H2,1H3/t15-,18+/m0/s1. The van der Waals surface area contributed by atoms with Crippen molar-refractivity contribution in [3.8, 4) is 5.75 Å². The van der Waals surface area contributed by atoms with E-state index >= 15 is 0 Å². The minimum absolute atomic E-state index is 0.0714. The zero-order chi connectivity index (χ0) is 17.9. The molecule has 0 radical (unpaired) electrons. The van der Waals surface area contributed by atoms with Gasteiger partial charge in [0, 0.05) is 25.5 Å². The van der Waals surface area contributed by atoms with E-state index in [2.05, 4.69) is 14.9 Å². The maximum atomic E-state index is 13.1. The number of fused-ring (bicyclic) bond motifs is 2. The van der Waals surface area contributed by atoms with Crippen LogP contribution in [0.1, 0.15) is 24.2 Å². The van der Waals surface area contributed by atoms with Gasteiger partial charge in [-0.3, -0.25) is 19.7 Å². The van der Waals surface area contributed by atoms with Crippen LogP contribution >= 0.6 is 0 Å². The summed E-state index contributed by atoms with van der Waals surface area (Å²) in [5.74, 6) is 1.56. The SMILES string of the molecule is COc1cccnc1CN1CC[C@H]2C[C@@H]1C(=O)N(Cc1ccccn1)C2. The Morgan fingerprint density at radius 2 is 2.04 bits per heavy atom. The molecule has 2 aliphatic rings. The molecule has 26 heavy (non-hydrogen) atoms. The minimum Gasteiger partial charge on any atom is -0.495 e. The van der Waals surface area contributed by atoms with Crippen LogP contribution in [-0.4, -0.2) is 51.9 Å². The third kappa shape index (κ3) is 3.42. The Balaban J connectivity index is 1.50. The number of nitrogens with zero attached hydrogens (tertiary/aromatic N) is 4. The molecular weight excluding hydrogens is 328 g/mol. The van der Waals surface area contributed by atoms with Crippen molar-refractivity contribution in [1.29, 1.82) is 0 Å². The van der Waals surface area contributed by atoms with E-state index in [1.165, 1.54) is 0 Å². The number of rotatable bonds is 5. The maximum absolute atomic E-state index is 13.1. The summed E-state index contributed by atoms with van der Waals surface area (Å²) in [6.45, 7) is 3.00. The highest BCUT2D eigenvalue weighted by molar-refractivity contribution is 5.83. The first-order valence-electron chi connectivity index (χ1n) is 9.15. The number of hydrogen-bond acceptors (Lipinski definition) is 5. The van der Waals surface area contributed by atoms with Crippen LogP contribution in [0, 0.1) is 5.92 Å². The molecule has 2 saturated heterocycles. The number of carbonyl (C=O) groups excluding carboxylic acids is 1. The van der Waals surface area contributed by atoms with Crippen LogP contribution in [0.2, 0.25) is 0 Å². The van der Waals surface area contributed by atoms with E-state index in [0.717, 1.165) is 43.1 Å². The molecule has 0 unspecified atom stereocenters. The van der Waals surface area contributed by atoms with Gasteiger partial charge in [0.1, 0.15) is 5.75 Å². The molecule has 2 aromatic heterocycles. The number of methoxy groups -OCH3 is 1. The fraction of sp³-hybridized carbons (Fsp3) is 0.450. The monoisotopic (exact) mass is 352 g/mol. The highest BCUT2D eigenvalue weighted by Crippen LogP contribution is 2.32. The molecule has 0 aromatic carbocycles. The Morgan fingerprint density at radius 1 is 1.15 bits per heavy atom. The molecule has 2 bridgehead atoms. The average Bonchev–Trinajstić information content (AvgIpc) is 2.68. The molecule has 0 aliphatic carbocycles. The van der Waals surface area contributed by atoms with Crippen molar-refractivity contribution < 1.29 is 9.53 Å². The Morgan fingerprint density at radius 3 is 2.85 bits per heavy atom. The second-order valence-corrected chi connectivity index (χ2v) is 7.07. The molecule has 0 spiro atoms. The van der Waals surface area contributed by atoms with Gasteiger partial charge in [-0.1, -0.05) is 6.07 Å². The molecule has 2 fully saturated rings. The van der Waals surface area contributed by atoms with Gasteiger partial charge in [-0.15, -0.1) is 0 Å². The van der Waals surface area contributed by atoms with E-state index in [-0.39, 0.29) is 11.9 Å². The number of ether oxygens (including phenoxy) is 1. The van der Waals surface area contributed by atoms with E-state index in [9.17, 15) is 4.79 Å². The Hall–Kier alpha value is -2.47. The van der Waals surface area contributed by atoms with Gasteiger partial charge in [-0.25, -0.2) is 0 Å². The van der Waals surface area contributed by atoms with Gasteiger partial charge in [0.15, 0.2) is 0 Å². The molecule has 6 heteroatoms. The lowest BCUT2D eigenvalue weighted by molar-refractivity contribution is -0.146. The van der Waals surface area contributed by atoms with Gasteiger partial charge < -0.3 is 9.64 Å². The largest absolute Gasteiger partial charge is 0.495 e. The fourth-order valence-electron chi connectivity index (χ4n) is 4.06. The molecule has 0 N–H and O–H groups in total. The number of piperidine rings is 2. The Labute approximate surface area is 153 Å². The summed E-state index contributed by atoms with van der Waals surface area (Å²) in [5, 5.41) is 0. The average molecular weight is 352 g/mol. The van der Waals surface area contributed by atoms with Crippen molar-refractivity contribution in [2.75, 3.05) is 20.2 Å². The number of carbonyl (C=O) groups is 1. The first-order valence-corrected chi connectivity index (χ1v) is 9.15. The first kappa shape index (κ1) is 17.0. The van der Waals surface area contributed by atoms with Crippen LogP contribution in [0.15, 0.2) is 42.7 Å². The van der Waals surface area contributed by atoms with Gasteiger partial charge in [-0.05, 0) is 49.6 Å². The van der Waals surface area contributed by atoms with Gasteiger partial charge in [0.25, 0.3) is 0 Å². The molecule has 2 aromatic rings. The topological polar surface area (TPSA) is 58.6 Å². The molecule has 1 amide bonds. The van der Waals surface area contributed by atoms with E-state index in [0.29, 0.717) is 19.0 Å². The summed E-state index contributed by atoms with van der Waals surface area (Å²) < 4.78 is 5.43. The van der Waals surface area contributed by atoms with Gasteiger partial charge >= 0.3 is 0 Å². The molecule has 0 saturated carbocycles. The lowest BCUT2D eigenvalue weighted by Crippen LogP contribution is -2.58. The smallest absolute Gasteiger partial charge is 0.240 e. The van der Waals surface area contributed by atoms with Crippen molar-refractivity contribution in [2.24, 2.45) is 5.92 Å². The van der Waals surface area contributed by atoms with E-state index in [1.807, 2.05) is 35.2 Å². The van der Waals surface area contributed by atoms with Crippen molar-refractivity contribution in [1.82, 2.24) is 19.8 Å². The van der Waals surface area contributed by atoms with Gasteiger partial charge in [-0.2, -0.15) is 0 Å². The maximum Gasteiger partial charge on any atom is 0.240 e. The van der Waals surface area contributed by atoms with Crippen LogP contribution in [0.5, 0.6) is 5.75 Å².